The number of rotatable bonds is 2. The van der Waals surface area contributed by atoms with E-state index in [0.717, 1.165) is 31.5 Å². The van der Waals surface area contributed by atoms with E-state index >= 15 is 0 Å². The van der Waals surface area contributed by atoms with Crippen LogP contribution in [0.1, 0.15) is 25.3 Å². The summed E-state index contributed by atoms with van der Waals surface area (Å²) in [7, 11) is 0. The summed E-state index contributed by atoms with van der Waals surface area (Å²) in [6.07, 6.45) is 1.57. The predicted molar refractivity (Wildman–Crippen MR) is 69.8 cm³/mol. The van der Waals surface area contributed by atoms with E-state index in [1.165, 1.54) is 0 Å². The highest BCUT2D eigenvalue weighted by Gasteiger charge is 2.37. The van der Waals surface area contributed by atoms with Crippen LogP contribution in [-0.4, -0.2) is 19.1 Å². The van der Waals surface area contributed by atoms with Crippen LogP contribution in [0.4, 0.5) is 0 Å². The number of benzene rings is 1. The second-order valence-electron chi connectivity index (χ2n) is 4.37. The Bertz CT molecular complexity index is 464. The molecule has 2 rings (SSSR count). The quantitative estimate of drug-likeness (QED) is 0.489. The first kappa shape index (κ1) is 12.7. The normalized spacial score (nSPS) is 17.4. The summed E-state index contributed by atoms with van der Waals surface area (Å²) in [5, 5.41) is 3.29. The van der Waals surface area contributed by atoms with E-state index in [0.29, 0.717) is 0 Å². The molecule has 0 amide bonds. The maximum atomic E-state index is 11.7. The summed E-state index contributed by atoms with van der Waals surface area (Å²) in [5.41, 5.74) is 0.533. The number of carbonyl (C=O) groups is 1. The Hall–Kier alpha value is -1.79. The lowest BCUT2D eigenvalue weighted by Gasteiger charge is -2.36. The van der Waals surface area contributed by atoms with Crippen LogP contribution in [0, 0.1) is 11.8 Å². The van der Waals surface area contributed by atoms with Gasteiger partial charge in [-0.25, -0.2) is 4.79 Å². The topological polar surface area (TPSA) is 38.3 Å². The lowest BCUT2D eigenvalue weighted by atomic mass is 9.85. The maximum absolute atomic E-state index is 11.7. The summed E-state index contributed by atoms with van der Waals surface area (Å²) in [6.45, 7) is 3.34. The third-order valence-electron chi connectivity index (χ3n) is 3.23. The molecule has 0 spiro atoms. The molecule has 1 fully saturated rings. The molecule has 0 atom stereocenters. The van der Waals surface area contributed by atoms with Crippen molar-refractivity contribution < 1.29 is 9.53 Å². The molecule has 94 valence electrons. The highest BCUT2D eigenvalue weighted by atomic mass is 16.6. The second kappa shape index (κ2) is 5.70. The summed E-state index contributed by atoms with van der Waals surface area (Å²) >= 11 is 0. The van der Waals surface area contributed by atoms with Gasteiger partial charge in [-0.3, -0.25) is 0 Å². The fourth-order valence-corrected chi connectivity index (χ4v) is 2.33. The Morgan fingerprint density at radius 2 is 1.94 bits per heavy atom. The van der Waals surface area contributed by atoms with Crippen molar-refractivity contribution in [3.8, 4) is 11.8 Å². The standard InChI is InChI=1S/C15H17NO2/c1-2-6-14(17)18-15(9-11-16-12-10-15)13-7-4-3-5-8-13/h3-5,7-8,16H,9-12H2,1H3. The van der Waals surface area contributed by atoms with Crippen molar-refractivity contribution in [3.05, 3.63) is 35.9 Å². The lowest BCUT2D eigenvalue weighted by molar-refractivity contribution is -0.156. The first-order valence-corrected chi connectivity index (χ1v) is 6.19. The van der Waals surface area contributed by atoms with Gasteiger partial charge in [-0.2, -0.15) is 0 Å². The number of piperidine rings is 1. The van der Waals surface area contributed by atoms with Crippen LogP contribution in [0.25, 0.3) is 0 Å². The van der Waals surface area contributed by atoms with Gasteiger partial charge in [-0.15, -0.1) is 0 Å². The van der Waals surface area contributed by atoms with Crippen LogP contribution in [-0.2, 0) is 15.1 Å². The summed E-state index contributed by atoms with van der Waals surface area (Å²) < 4.78 is 5.65. The zero-order chi connectivity index (χ0) is 12.8. The van der Waals surface area contributed by atoms with E-state index in [1.807, 2.05) is 30.3 Å². The second-order valence-corrected chi connectivity index (χ2v) is 4.37. The van der Waals surface area contributed by atoms with Gasteiger partial charge in [0.05, 0.1) is 0 Å². The molecule has 0 saturated carbocycles. The molecule has 18 heavy (non-hydrogen) atoms. The number of carbonyl (C=O) groups excluding carboxylic acids is 1. The molecule has 1 N–H and O–H groups in total. The van der Waals surface area contributed by atoms with Gasteiger partial charge in [0, 0.05) is 18.8 Å². The molecule has 1 aromatic rings. The maximum Gasteiger partial charge on any atom is 0.385 e. The highest BCUT2D eigenvalue weighted by Crippen LogP contribution is 2.34. The van der Waals surface area contributed by atoms with Crippen LogP contribution in [0.2, 0.25) is 0 Å². The molecule has 0 bridgehead atoms. The van der Waals surface area contributed by atoms with Gasteiger partial charge >= 0.3 is 5.97 Å². The number of nitrogens with one attached hydrogen (secondary N) is 1. The monoisotopic (exact) mass is 243 g/mol. The van der Waals surface area contributed by atoms with E-state index in [2.05, 4.69) is 17.2 Å². The molecule has 1 heterocycles. The molecule has 1 aromatic carbocycles. The molecular formula is C15H17NO2. The van der Waals surface area contributed by atoms with Crippen molar-refractivity contribution in [2.75, 3.05) is 13.1 Å². The van der Waals surface area contributed by atoms with Crippen molar-refractivity contribution in [2.45, 2.75) is 25.4 Å². The zero-order valence-electron chi connectivity index (χ0n) is 10.5. The average Bonchev–Trinajstić information content (AvgIpc) is 2.41. The number of esters is 1. The van der Waals surface area contributed by atoms with Crippen LogP contribution in [0.3, 0.4) is 0 Å². The Balaban J connectivity index is 2.28. The Kier molecular flexibility index (Phi) is 4.01. The van der Waals surface area contributed by atoms with E-state index < -0.39 is 11.6 Å². The Morgan fingerprint density at radius 3 is 2.56 bits per heavy atom. The number of hydrogen-bond acceptors (Lipinski definition) is 3. The fourth-order valence-electron chi connectivity index (χ4n) is 2.33. The molecule has 0 radical (unpaired) electrons. The van der Waals surface area contributed by atoms with Gasteiger partial charge in [-0.1, -0.05) is 36.3 Å². The van der Waals surface area contributed by atoms with E-state index in [4.69, 9.17) is 4.74 Å². The molecule has 0 unspecified atom stereocenters. The minimum Gasteiger partial charge on any atom is -0.444 e. The van der Waals surface area contributed by atoms with Crippen LogP contribution < -0.4 is 5.32 Å². The summed E-state index contributed by atoms with van der Waals surface area (Å²) in [4.78, 5) is 11.7. The van der Waals surface area contributed by atoms with E-state index in [9.17, 15) is 4.79 Å². The number of ether oxygens (including phenoxy) is 1. The Morgan fingerprint density at radius 1 is 1.28 bits per heavy atom. The molecule has 3 heteroatoms. The minimum atomic E-state index is -0.520. The smallest absolute Gasteiger partial charge is 0.385 e. The third kappa shape index (κ3) is 2.72. The van der Waals surface area contributed by atoms with E-state index in [1.54, 1.807) is 6.92 Å². The van der Waals surface area contributed by atoms with E-state index in [-0.39, 0.29) is 0 Å². The van der Waals surface area contributed by atoms with Gasteiger partial charge in [-0.05, 0) is 25.6 Å². The van der Waals surface area contributed by atoms with Gasteiger partial charge in [0.25, 0.3) is 0 Å². The lowest BCUT2D eigenvalue weighted by Crippen LogP contribution is -2.43. The van der Waals surface area contributed by atoms with Crippen molar-refractivity contribution in [1.82, 2.24) is 5.32 Å². The fraction of sp³-hybridized carbons (Fsp3) is 0.400. The first-order chi connectivity index (χ1) is 8.77. The van der Waals surface area contributed by atoms with Crippen molar-refractivity contribution in [3.63, 3.8) is 0 Å². The van der Waals surface area contributed by atoms with Crippen molar-refractivity contribution >= 4 is 5.97 Å². The van der Waals surface area contributed by atoms with Gasteiger partial charge < -0.3 is 10.1 Å². The molecule has 3 nitrogen and oxygen atoms in total. The molecule has 1 aliphatic rings. The molecule has 0 aliphatic carbocycles. The molecular weight excluding hydrogens is 226 g/mol. The number of hydrogen-bond donors (Lipinski definition) is 1. The molecule has 1 aliphatic heterocycles. The summed E-state index contributed by atoms with van der Waals surface area (Å²) in [6, 6.07) is 9.93. The average molecular weight is 243 g/mol. The van der Waals surface area contributed by atoms with Crippen LogP contribution in [0.5, 0.6) is 0 Å². The SMILES string of the molecule is CC#CC(=O)OC1(c2ccccc2)CCNCC1. The molecule has 0 aromatic heterocycles. The highest BCUT2D eigenvalue weighted by molar-refractivity contribution is 5.88. The third-order valence-corrected chi connectivity index (χ3v) is 3.23. The van der Waals surface area contributed by atoms with Crippen LogP contribution in [0.15, 0.2) is 30.3 Å². The van der Waals surface area contributed by atoms with Crippen molar-refractivity contribution in [2.24, 2.45) is 0 Å². The Labute approximate surface area is 108 Å². The van der Waals surface area contributed by atoms with Gasteiger partial charge in [0.2, 0.25) is 0 Å². The summed E-state index contributed by atoms with van der Waals surface area (Å²) in [5.74, 6) is 4.60. The molecule has 1 saturated heterocycles. The van der Waals surface area contributed by atoms with Crippen molar-refractivity contribution in [1.29, 1.82) is 0 Å². The largest absolute Gasteiger partial charge is 0.444 e. The van der Waals surface area contributed by atoms with Gasteiger partial charge in [0.1, 0.15) is 5.60 Å². The predicted octanol–water partition coefficient (Wildman–Crippen LogP) is 1.83. The van der Waals surface area contributed by atoms with Gasteiger partial charge in [0.15, 0.2) is 0 Å². The first-order valence-electron chi connectivity index (χ1n) is 6.19. The minimum absolute atomic E-state index is 0.441. The van der Waals surface area contributed by atoms with Crippen LogP contribution >= 0.6 is 0 Å². The zero-order valence-corrected chi connectivity index (χ0v) is 10.5.